The van der Waals surface area contributed by atoms with Crippen LogP contribution in [0.2, 0.25) is 0 Å². The maximum atomic E-state index is 14.8. The van der Waals surface area contributed by atoms with E-state index in [1.807, 2.05) is 5.32 Å². The average Bonchev–Trinajstić information content (AvgIpc) is 3.45. The Morgan fingerprint density at radius 1 is 1.06 bits per heavy atom. The average molecular weight is 450 g/mol. The lowest BCUT2D eigenvalue weighted by molar-refractivity contribution is 0.00762. The number of alkyl halides is 4. The number of carbonyl (C=O) groups is 1. The first-order valence-electron chi connectivity index (χ1n) is 8.65. The van der Waals surface area contributed by atoms with Gasteiger partial charge in [0.2, 0.25) is 11.7 Å². The lowest BCUT2D eigenvalue weighted by atomic mass is 10.1. The highest BCUT2D eigenvalue weighted by Gasteiger charge is 2.41. The van der Waals surface area contributed by atoms with Crippen LogP contribution in [-0.2, 0) is 5.92 Å². The summed E-state index contributed by atoms with van der Waals surface area (Å²) in [6.07, 6.45) is -3.08. The molecule has 2 N–H and O–H groups in total. The number of hydrogen-bond donors (Lipinski definition) is 2. The van der Waals surface area contributed by atoms with Crippen molar-refractivity contribution < 1.29 is 36.4 Å². The van der Waals surface area contributed by atoms with E-state index in [1.54, 1.807) is 0 Å². The number of pyridine rings is 1. The Morgan fingerprint density at radius 2 is 1.78 bits per heavy atom. The summed E-state index contributed by atoms with van der Waals surface area (Å²) in [4.78, 5) is 18.1. The van der Waals surface area contributed by atoms with E-state index in [0.29, 0.717) is 0 Å². The van der Waals surface area contributed by atoms with Crippen LogP contribution in [0.25, 0.3) is 22.8 Å². The minimum Gasteiger partial charge on any atom is -0.465 e. The molecular weight excluding hydrogens is 440 g/mol. The monoisotopic (exact) mass is 450 g/mol. The lowest BCUT2D eigenvalue weighted by Gasteiger charge is -2.11. The van der Waals surface area contributed by atoms with Gasteiger partial charge in [-0.25, -0.2) is 9.78 Å². The van der Waals surface area contributed by atoms with E-state index >= 15 is 0 Å². The molecule has 4 aromatic rings. The van der Waals surface area contributed by atoms with E-state index in [4.69, 9.17) is 14.0 Å². The zero-order chi connectivity index (χ0) is 22.9. The molecule has 0 saturated carbocycles. The maximum absolute atomic E-state index is 14.8. The van der Waals surface area contributed by atoms with Crippen molar-refractivity contribution in [3.8, 4) is 22.8 Å². The minimum atomic E-state index is -3.68. The number of aromatic nitrogens is 5. The van der Waals surface area contributed by atoms with Gasteiger partial charge in [0.15, 0.2) is 0 Å². The van der Waals surface area contributed by atoms with Crippen LogP contribution in [0.1, 0.15) is 23.8 Å². The third-order valence-corrected chi connectivity index (χ3v) is 4.07. The second-order valence-corrected chi connectivity index (χ2v) is 6.18. The first-order valence-corrected chi connectivity index (χ1v) is 8.65. The van der Waals surface area contributed by atoms with Crippen LogP contribution >= 0.6 is 0 Å². The molecule has 32 heavy (non-hydrogen) atoms. The Morgan fingerprint density at radius 3 is 2.38 bits per heavy atom. The van der Waals surface area contributed by atoms with Crippen molar-refractivity contribution in [1.82, 2.24) is 25.3 Å². The Kier molecular flexibility index (Phi) is 5.26. The Labute approximate surface area is 174 Å². The van der Waals surface area contributed by atoms with Crippen LogP contribution in [0.15, 0.2) is 51.5 Å². The molecule has 10 nitrogen and oxygen atoms in total. The first kappa shape index (κ1) is 20.9. The summed E-state index contributed by atoms with van der Waals surface area (Å²) in [7, 11) is 0. The van der Waals surface area contributed by atoms with Crippen LogP contribution in [-0.4, -0.2) is 36.5 Å². The van der Waals surface area contributed by atoms with Crippen molar-refractivity contribution in [2.24, 2.45) is 0 Å². The summed E-state index contributed by atoms with van der Waals surface area (Å²) in [5.41, 5.74) is -0.131. The number of nitrogens with one attached hydrogen (secondary N) is 1. The Bertz CT molecular complexity index is 1240. The molecule has 14 heteroatoms. The molecule has 0 unspecified atom stereocenters. The second kappa shape index (κ2) is 8.05. The number of nitrogens with zero attached hydrogens (tertiary/aromatic N) is 5. The maximum Gasteiger partial charge on any atom is 0.410 e. The van der Waals surface area contributed by atoms with E-state index in [2.05, 4.69) is 25.3 Å². The summed E-state index contributed by atoms with van der Waals surface area (Å²) in [6.45, 7) is 0. The van der Waals surface area contributed by atoms with Gasteiger partial charge in [-0.3, -0.25) is 5.32 Å². The van der Waals surface area contributed by atoms with Crippen molar-refractivity contribution >= 4 is 11.9 Å². The van der Waals surface area contributed by atoms with Crippen LogP contribution in [0, 0.1) is 0 Å². The molecule has 0 saturated heterocycles. The van der Waals surface area contributed by atoms with Crippen molar-refractivity contribution in [1.29, 1.82) is 0 Å². The topological polar surface area (TPSA) is 140 Å². The molecule has 0 bridgehead atoms. The van der Waals surface area contributed by atoms with Gasteiger partial charge in [-0.05, 0) is 24.3 Å². The fourth-order valence-corrected chi connectivity index (χ4v) is 2.56. The number of carboxylic acid groups (broad SMARTS) is 1. The van der Waals surface area contributed by atoms with Gasteiger partial charge in [-0.15, -0.1) is 10.2 Å². The summed E-state index contributed by atoms with van der Waals surface area (Å²) in [5.74, 6) is -5.96. The fraction of sp³-hybridized carbons (Fsp3) is 0.111. The number of benzene rings is 1. The fourth-order valence-electron chi connectivity index (χ4n) is 2.56. The molecule has 1 aromatic carbocycles. The highest BCUT2D eigenvalue weighted by Crippen LogP contribution is 2.36. The molecule has 0 aliphatic rings. The van der Waals surface area contributed by atoms with E-state index < -0.39 is 35.8 Å². The van der Waals surface area contributed by atoms with Gasteiger partial charge in [0.05, 0.1) is 0 Å². The van der Waals surface area contributed by atoms with E-state index in [1.165, 1.54) is 30.5 Å². The summed E-state index contributed by atoms with van der Waals surface area (Å²) >= 11 is 0. The predicted octanol–water partition coefficient (Wildman–Crippen LogP) is 4.35. The van der Waals surface area contributed by atoms with Crippen LogP contribution in [0.4, 0.5) is 28.2 Å². The van der Waals surface area contributed by atoms with Crippen LogP contribution in [0.3, 0.4) is 0 Å². The Balaban J connectivity index is 1.54. The van der Waals surface area contributed by atoms with Crippen molar-refractivity contribution in [3.63, 3.8) is 0 Å². The zero-order valence-corrected chi connectivity index (χ0v) is 15.5. The first-order chi connectivity index (χ1) is 15.2. The molecule has 0 aliphatic heterocycles. The largest absolute Gasteiger partial charge is 0.465 e. The van der Waals surface area contributed by atoms with E-state index in [0.717, 1.165) is 12.1 Å². The van der Waals surface area contributed by atoms with E-state index in [9.17, 15) is 22.4 Å². The standard InChI is InChI=1S/C18H10F4N6O4/c19-12(20)15-27-26-14(31-15)8-1-4-10(5-2-8)18(21,22)16-25-13(28-32-16)9-3-6-11(23-7-9)24-17(29)30/h1-7,12H,(H,23,24)(H,29,30). The quantitative estimate of drug-likeness (QED) is 0.410. The third kappa shape index (κ3) is 4.10. The van der Waals surface area contributed by atoms with Gasteiger partial charge in [0.1, 0.15) is 5.82 Å². The van der Waals surface area contributed by atoms with Gasteiger partial charge in [-0.1, -0.05) is 17.3 Å². The predicted molar refractivity (Wildman–Crippen MR) is 96.9 cm³/mol. The normalized spacial score (nSPS) is 11.7. The molecule has 3 aromatic heterocycles. The van der Waals surface area contributed by atoms with Crippen molar-refractivity contribution in [2.45, 2.75) is 12.3 Å². The smallest absolute Gasteiger partial charge is 0.410 e. The number of rotatable bonds is 6. The molecule has 0 radical (unpaired) electrons. The molecule has 0 spiro atoms. The highest BCUT2D eigenvalue weighted by molar-refractivity contribution is 5.81. The van der Waals surface area contributed by atoms with Gasteiger partial charge < -0.3 is 14.0 Å². The molecule has 0 aliphatic carbocycles. The Hall–Kier alpha value is -4.36. The minimum absolute atomic E-state index is 0.0253. The lowest BCUT2D eigenvalue weighted by Crippen LogP contribution is -2.15. The van der Waals surface area contributed by atoms with Gasteiger partial charge in [-0.2, -0.15) is 22.5 Å². The highest BCUT2D eigenvalue weighted by atomic mass is 19.3. The van der Waals surface area contributed by atoms with Crippen molar-refractivity contribution in [2.75, 3.05) is 5.32 Å². The van der Waals surface area contributed by atoms with Crippen LogP contribution in [0.5, 0.6) is 0 Å². The number of anilines is 1. The molecule has 4 rings (SSSR count). The SMILES string of the molecule is O=C(O)Nc1ccc(-c2noc(C(F)(F)c3ccc(-c4nnc(C(F)F)o4)cc3)n2)cn1. The summed E-state index contributed by atoms with van der Waals surface area (Å²) < 4.78 is 64.2. The van der Waals surface area contributed by atoms with Gasteiger partial charge in [0, 0.05) is 22.9 Å². The molecule has 0 fully saturated rings. The van der Waals surface area contributed by atoms with Gasteiger partial charge >= 0.3 is 24.3 Å². The number of amides is 1. The van der Waals surface area contributed by atoms with E-state index in [-0.39, 0.29) is 28.7 Å². The molecule has 3 heterocycles. The number of hydrogen-bond acceptors (Lipinski definition) is 8. The third-order valence-electron chi connectivity index (χ3n) is 4.07. The number of halogens is 4. The molecular formula is C18H10F4N6O4. The molecule has 1 amide bonds. The second-order valence-electron chi connectivity index (χ2n) is 6.18. The summed E-state index contributed by atoms with van der Waals surface area (Å²) in [6, 6.07) is 7.12. The zero-order valence-electron chi connectivity index (χ0n) is 15.5. The van der Waals surface area contributed by atoms with Gasteiger partial charge in [0.25, 0.3) is 5.89 Å². The summed E-state index contributed by atoms with van der Waals surface area (Å²) in [5, 5.41) is 20.8. The molecule has 0 atom stereocenters. The molecule has 164 valence electrons. The van der Waals surface area contributed by atoms with Crippen molar-refractivity contribution in [3.05, 3.63) is 59.9 Å². The van der Waals surface area contributed by atoms with Crippen LogP contribution < -0.4 is 5.32 Å².